The lowest BCUT2D eigenvalue weighted by Gasteiger charge is -2.31. The Labute approximate surface area is 158 Å². The molecule has 2 aromatic carbocycles. The summed E-state index contributed by atoms with van der Waals surface area (Å²) in [4.78, 5) is 17.0. The smallest absolute Gasteiger partial charge is 0.251 e. The molecule has 1 amide bonds. The molecule has 0 aliphatic carbocycles. The molecule has 134 valence electrons. The molecule has 0 atom stereocenters. The van der Waals surface area contributed by atoms with Gasteiger partial charge in [-0.3, -0.25) is 4.79 Å². The van der Waals surface area contributed by atoms with Gasteiger partial charge in [0.1, 0.15) is 0 Å². The fraction of sp³-hybridized carbons (Fsp3) is 0.318. The Morgan fingerprint density at radius 3 is 2.81 bits per heavy atom. The molecule has 3 nitrogen and oxygen atoms in total. The van der Waals surface area contributed by atoms with E-state index in [4.69, 9.17) is 0 Å². The van der Waals surface area contributed by atoms with Gasteiger partial charge in [0.25, 0.3) is 5.91 Å². The summed E-state index contributed by atoms with van der Waals surface area (Å²) < 4.78 is 0.306. The highest BCUT2D eigenvalue weighted by Crippen LogP contribution is 2.45. The van der Waals surface area contributed by atoms with Gasteiger partial charge in [-0.1, -0.05) is 32.0 Å². The van der Waals surface area contributed by atoms with Gasteiger partial charge in [-0.25, -0.2) is 0 Å². The third-order valence-electron chi connectivity index (χ3n) is 5.07. The normalized spacial score (nSPS) is 15.6. The molecule has 0 saturated heterocycles. The first-order valence-corrected chi connectivity index (χ1v) is 9.99. The number of hydrogen-bond acceptors (Lipinski definition) is 2. The molecule has 0 unspecified atom stereocenters. The van der Waals surface area contributed by atoms with E-state index in [0.717, 1.165) is 12.8 Å². The van der Waals surface area contributed by atoms with Gasteiger partial charge in [-0.05, 0) is 54.7 Å². The largest absolute Gasteiger partial charge is 0.361 e. The SMILES string of the molecule is CC1(C)CCc2c(ccc3[nH]cc(CCNC(=O)c4ccccc4)c23)S1. The van der Waals surface area contributed by atoms with Crippen molar-refractivity contribution in [3.8, 4) is 0 Å². The number of aromatic amines is 1. The Bertz CT molecular complexity index is 943. The van der Waals surface area contributed by atoms with Crippen LogP contribution < -0.4 is 5.32 Å². The summed E-state index contributed by atoms with van der Waals surface area (Å²) in [5.74, 6) is -0.00947. The Kier molecular flexibility index (Phi) is 4.53. The van der Waals surface area contributed by atoms with Crippen molar-refractivity contribution in [2.75, 3.05) is 6.54 Å². The number of amides is 1. The van der Waals surface area contributed by atoms with E-state index in [2.05, 4.69) is 42.5 Å². The molecular weight excluding hydrogens is 340 g/mol. The van der Waals surface area contributed by atoms with Crippen LogP contribution in [0.2, 0.25) is 0 Å². The lowest BCUT2D eigenvalue weighted by molar-refractivity contribution is 0.0954. The highest BCUT2D eigenvalue weighted by Gasteiger charge is 2.27. The van der Waals surface area contributed by atoms with E-state index in [1.165, 1.54) is 33.3 Å². The molecule has 1 aromatic heterocycles. The van der Waals surface area contributed by atoms with Crippen LogP contribution in [0.4, 0.5) is 0 Å². The number of nitrogens with one attached hydrogen (secondary N) is 2. The van der Waals surface area contributed by atoms with Crippen LogP contribution in [-0.4, -0.2) is 22.2 Å². The number of fused-ring (bicyclic) bond motifs is 3. The van der Waals surface area contributed by atoms with Gasteiger partial charge in [0, 0.05) is 38.9 Å². The number of H-pyrrole nitrogens is 1. The third kappa shape index (κ3) is 3.38. The molecule has 2 N–H and O–H groups in total. The first kappa shape index (κ1) is 17.2. The van der Waals surface area contributed by atoms with E-state index in [1.807, 2.05) is 42.1 Å². The summed E-state index contributed by atoms with van der Waals surface area (Å²) in [5.41, 5.74) is 4.68. The zero-order chi connectivity index (χ0) is 18.1. The van der Waals surface area contributed by atoms with E-state index in [1.54, 1.807) is 0 Å². The topological polar surface area (TPSA) is 44.9 Å². The van der Waals surface area contributed by atoms with E-state index < -0.39 is 0 Å². The molecule has 1 aliphatic heterocycles. The molecule has 1 aliphatic rings. The average molecular weight is 365 g/mol. The number of rotatable bonds is 4. The van der Waals surface area contributed by atoms with E-state index in [0.29, 0.717) is 16.9 Å². The number of thioether (sulfide) groups is 1. The molecule has 0 saturated carbocycles. The maximum Gasteiger partial charge on any atom is 0.251 e. The summed E-state index contributed by atoms with van der Waals surface area (Å²) in [6.45, 7) is 5.28. The maximum atomic E-state index is 12.2. The minimum absolute atomic E-state index is 0.00947. The molecule has 26 heavy (non-hydrogen) atoms. The van der Waals surface area contributed by atoms with Crippen LogP contribution in [0.25, 0.3) is 10.9 Å². The van der Waals surface area contributed by atoms with Crippen molar-refractivity contribution >= 4 is 28.6 Å². The zero-order valence-corrected chi connectivity index (χ0v) is 16.1. The number of hydrogen-bond donors (Lipinski definition) is 2. The van der Waals surface area contributed by atoms with Crippen molar-refractivity contribution in [3.05, 3.63) is 65.4 Å². The molecular formula is C22H24N2OS. The Morgan fingerprint density at radius 2 is 2.00 bits per heavy atom. The molecule has 0 bridgehead atoms. The Hall–Kier alpha value is -2.20. The predicted octanol–water partition coefficient (Wildman–Crippen LogP) is 4.96. The monoisotopic (exact) mass is 364 g/mol. The highest BCUT2D eigenvalue weighted by atomic mass is 32.2. The van der Waals surface area contributed by atoms with Crippen LogP contribution >= 0.6 is 11.8 Å². The predicted molar refractivity (Wildman–Crippen MR) is 109 cm³/mol. The maximum absolute atomic E-state index is 12.2. The van der Waals surface area contributed by atoms with Crippen LogP contribution in [0.1, 0.15) is 41.8 Å². The molecule has 4 heteroatoms. The van der Waals surface area contributed by atoms with E-state index in [9.17, 15) is 4.79 Å². The summed E-state index contributed by atoms with van der Waals surface area (Å²) in [7, 11) is 0. The van der Waals surface area contributed by atoms with Crippen molar-refractivity contribution in [1.82, 2.24) is 10.3 Å². The number of benzene rings is 2. The fourth-order valence-corrected chi connectivity index (χ4v) is 4.93. The van der Waals surface area contributed by atoms with Crippen LogP contribution in [0, 0.1) is 0 Å². The third-order valence-corrected chi connectivity index (χ3v) is 6.43. The van der Waals surface area contributed by atoms with Gasteiger partial charge < -0.3 is 10.3 Å². The van der Waals surface area contributed by atoms with Gasteiger partial charge in [-0.15, -0.1) is 11.8 Å². The van der Waals surface area contributed by atoms with Gasteiger partial charge in [-0.2, -0.15) is 0 Å². The molecule has 3 aromatic rings. The molecule has 4 rings (SSSR count). The van der Waals surface area contributed by atoms with Gasteiger partial charge >= 0.3 is 0 Å². The van der Waals surface area contributed by atoms with Crippen LogP contribution in [0.15, 0.2) is 53.6 Å². The quantitative estimate of drug-likeness (QED) is 0.687. The molecule has 0 radical (unpaired) electrons. The van der Waals surface area contributed by atoms with Crippen LogP contribution in [-0.2, 0) is 12.8 Å². The van der Waals surface area contributed by atoms with Crippen molar-refractivity contribution in [2.24, 2.45) is 0 Å². The Morgan fingerprint density at radius 1 is 1.19 bits per heavy atom. The molecule has 2 heterocycles. The van der Waals surface area contributed by atoms with E-state index >= 15 is 0 Å². The number of carbonyl (C=O) groups is 1. The first-order chi connectivity index (χ1) is 12.5. The van der Waals surface area contributed by atoms with Crippen molar-refractivity contribution in [3.63, 3.8) is 0 Å². The first-order valence-electron chi connectivity index (χ1n) is 9.18. The lowest BCUT2D eigenvalue weighted by atomic mass is 9.96. The standard InChI is InChI=1S/C22H24N2OS/c1-22(2)12-10-17-19(26-22)9-8-18-20(17)16(14-24-18)11-13-23-21(25)15-6-4-3-5-7-15/h3-9,14,24H,10-13H2,1-2H3,(H,23,25). The highest BCUT2D eigenvalue weighted by molar-refractivity contribution is 8.00. The minimum Gasteiger partial charge on any atom is -0.361 e. The van der Waals surface area contributed by atoms with Crippen molar-refractivity contribution < 1.29 is 4.79 Å². The summed E-state index contributed by atoms with van der Waals surface area (Å²) in [6, 6.07) is 13.8. The van der Waals surface area contributed by atoms with Crippen molar-refractivity contribution in [2.45, 2.75) is 42.8 Å². The van der Waals surface area contributed by atoms with Gasteiger partial charge in [0.15, 0.2) is 0 Å². The molecule has 0 fully saturated rings. The number of carbonyl (C=O) groups excluding carboxylic acids is 1. The van der Waals surface area contributed by atoms with Gasteiger partial charge in [0.05, 0.1) is 0 Å². The second-order valence-corrected chi connectivity index (χ2v) is 9.26. The van der Waals surface area contributed by atoms with Gasteiger partial charge in [0.2, 0.25) is 0 Å². The second kappa shape index (κ2) is 6.84. The van der Waals surface area contributed by atoms with Crippen molar-refractivity contribution in [1.29, 1.82) is 0 Å². The average Bonchev–Trinajstić information content (AvgIpc) is 3.05. The second-order valence-electron chi connectivity index (χ2n) is 7.51. The Balaban J connectivity index is 1.52. The molecule has 0 spiro atoms. The summed E-state index contributed by atoms with van der Waals surface area (Å²) in [5, 5.41) is 4.40. The van der Waals surface area contributed by atoms with E-state index in [-0.39, 0.29) is 5.91 Å². The minimum atomic E-state index is -0.00947. The van der Waals surface area contributed by atoms with Crippen LogP contribution in [0.3, 0.4) is 0 Å². The lowest BCUT2D eigenvalue weighted by Crippen LogP contribution is -2.25. The number of aromatic nitrogens is 1. The summed E-state index contributed by atoms with van der Waals surface area (Å²) in [6.07, 6.45) is 5.25. The fourth-order valence-electron chi connectivity index (χ4n) is 3.67. The summed E-state index contributed by atoms with van der Waals surface area (Å²) >= 11 is 1.98. The van der Waals surface area contributed by atoms with Crippen LogP contribution in [0.5, 0.6) is 0 Å². The zero-order valence-electron chi connectivity index (χ0n) is 15.3. The number of aryl methyl sites for hydroxylation is 1.